The van der Waals surface area contributed by atoms with Crippen molar-refractivity contribution in [2.75, 3.05) is 18.9 Å². The van der Waals surface area contributed by atoms with E-state index in [1.54, 1.807) is 13.0 Å². The van der Waals surface area contributed by atoms with Gasteiger partial charge in [-0.2, -0.15) is 0 Å². The molecule has 0 aliphatic heterocycles. The number of carbonyl (C=O) groups is 1. The lowest BCUT2D eigenvalue weighted by Gasteiger charge is -2.15. The van der Waals surface area contributed by atoms with E-state index in [0.717, 1.165) is 6.54 Å². The maximum absolute atomic E-state index is 11.8. The number of aromatic nitrogens is 1. The van der Waals surface area contributed by atoms with Crippen molar-refractivity contribution in [2.24, 2.45) is 0 Å². The molecular formula is C15H19N3O2. The third-order valence-corrected chi connectivity index (χ3v) is 2.88. The molecule has 0 unspecified atom stereocenters. The van der Waals surface area contributed by atoms with Crippen molar-refractivity contribution < 1.29 is 9.32 Å². The van der Waals surface area contributed by atoms with Crippen LogP contribution in [0.4, 0.5) is 5.82 Å². The molecule has 0 aliphatic rings. The van der Waals surface area contributed by atoms with Crippen LogP contribution in [0.1, 0.15) is 16.9 Å². The Bertz CT molecular complexity index is 575. The van der Waals surface area contributed by atoms with Crippen molar-refractivity contribution in [2.45, 2.75) is 20.4 Å². The third-order valence-electron chi connectivity index (χ3n) is 2.88. The van der Waals surface area contributed by atoms with Gasteiger partial charge in [-0.15, -0.1) is 0 Å². The molecule has 0 aliphatic carbocycles. The molecule has 1 amide bonds. The fourth-order valence-electron chi connectivity index (χ4n) is 1.91. The zero-order valence-electron chi connectivity index (χ0n) is 12.0. The summed E-state index contributed by atoms with van der Waals surface area (Å²) < 4.78 is 4.90. The van der Waals surface area contributed by atoms with Crippen LogP contribution < -0.4 is 5.32 Å². The molecule has 106 valence electrons. The molecule has 1 heterocycles. The van der Waals surface area contributed by atoms with Crippen LogP contribution >= 0.6 is 0 Å². The predicted molar refractivity (Wildman–Crippen MR) is 77.4 cm³/mol. The summed E-state index contributed by atoms with van der Waals surface area (Å²) in [5.41, 5.74) is 2.42. The number of anilines is 1. The van der Waals surface area contributed by atoms with E-state index in [-0.39, 0.29) is 5.91 Å². The van der Waals surface area contributed by atoms with Crippen molar-refractivity contribution in [1.82, 2.24) is 10.1 Å². The summed E-state index contributed by atoms with van der Waals surface area (Å²) in [6.07, 6.45) is 0. The first-order valence-electron chi connectivity index (χ1n) is 6.50. The minimum atomic E-state index is -0.104. The van der Waals surface area contributed by atoms with Crippen molar-refractivity contribution in [3.63, 3.8) is 0 Å². The highest BCUT2D eigenvalue weighted by molar-refractivity contribution is 5.91. The van der Waals surface area contributed by atoms with Gasteiger partial charge < -0.3 is 9.84 Å². The summed E-state index contributed by atoms with van der Waals surface area (Å²) >= 11 is 0. The second-order valence-corrected chi connectivity index (χ2v) is 5.03. The quantitative estimate of drug-likeness (QED) is 0.908. The third kappa shape index (κ3) is 4.20. The first kappa shape index (κ1) is 14.3. The van der Waals surface area contributed by atoms with E-state index >= 15 is 0 Å². The lowest BCUT2D eigenvalue weighted by molar-refractivity contribution is -0.117. The van der Waals surface area contributed by atoms with E-state index < -0.39 is 0 Å². The number of rotatable bonds is 5. The fourth-order valence-corrected chi connectivity index (χ4v) is 1.91. The Kier molecular flexibility index (Phi) is 4.53. The topological polar surface area (TPSA) is 58.4 Å². The lowest BCUT2D eigenvalue weighted by atomic mass is 10.1. The first-order chi connectivity index (χ1) is 9.52. The molecule has 20 heavy (non-hydrogen) atoms. The van der Waals surface area contributed by atoms with Crippen LogP contribution in [0.3, 0.4) is 0 Å². The van der Waals surface area contributed by atoms with Crippen LogP contribution in [0.5, 0.6) is 0 Å². The van der Waals surface area contributed by atoms with Crippen LogP contribution in [0.15, 0.2) is 34.9 Å². The van der Waals surface area contributed by atoms with Crippen molar-refractivity contribution >= 4 is 11.7 Å². The van der Waals surface area contributed by atoms with Crippen LogP contribution in [0, 0.1) is 13.8 Å². The van der Waals surface area contributed by atoms with Gasteiger partial charge in [0.15, 0.2) is 5.82 Å². The van der Waals surface area contributed by atoms with Gasteiger partial charge in [0.1, 0.15) is 5.76 Å². The Morgan fingerprint density at radius 1 is 1.30 bits per heavy atom. The molecule has 0 saturated heterocycles. The summed E-state index contributed by atoms with van der Waals surface area (Å²) in [6, 6.07) is 9.98. The summed E-state index contributed by atoms with van der Waals surface area (Å²) in [6.45, 7) is 4.87. The average Bonchev–Trinajstić information content (AvgIpc) is 2.77. The van der Waals surface area contributed by atoms with Crippen molar-refractivity contribution in [3.8, 4) is 0 Å². The summed E-state index contributed by atoms with van der Waals surface area (Å²) in [7, 11) is 1.91. The highest BCUT2D eigenvalue weighted by Crippen LogP contribution is 2.08. The minimum Gasteiger partial charge on any atom is -0.360 e. The van der Waals surface area contributed by atoms with Crippen LogP contribution in [0.25, 0.3) is 0 Å². The van der Waals surface area contributed by atoms with E-state index in [4.69, 9.17) is 4.52 Å². The number of carbonyl (C=O) groups excluding carboxylic acids is 1. The molecule has 0 fully saturated rings. The highest BCUT2D eigenvalue weighted by atomic mass is 16.5. The molecule has 5 nitrogen and oxygen atoms in total. The maximum Gasteiger partial charge on any atom is 0.239 e. The molecule has 0 atom stereocenters. The van der Waals surface area contributed by atoms with Gasteiger partial charge in [0.05, 0.1) is 6.54 Å². The largest absolute Gasteiger partial charge is 0.360 e. The molecule has 1 aromatic heterocycles. The monoisotopic (exact) mass is 273 g/mol. The van der Waals surface area contributed by atoms with E-state index in [1.807, 2.05) is 11.9 Å². The fraction of sp³-hybridized carbons (Fsp3) is 0.333. The molecule has 0 bridgehead atoms. The number of nitrogens with one attached hydrogen (secondary N) is 1. The van der Waals surface area contributed by atoms with Crippen molar-refractivity contribution in [1.29, 1.82) is 0 Å². The van der Waals surface area contributed by atoms with E-state index in [2.05, 4.69) is 41.7 Å². The second kappa shape index (κ2) is 6.34. The Hall–Kier alpha value is -2.14. The first-order valence-corrected chi connectivity index (χ1v) is 6.50. The smallest absolute Gasteiger partial charge is 0.239 e. The van der Waals surface area contributed by atoms with Gasteiger partial charge in [-0.1, -0.05) is 35.0 Å². The molecule has 0 spiro atoms. The number of nitrogens with zero attached hydrogens (tertiary/aromatic N) is 2. The molecule has 0 saturated carbocycles. The van der Waals surface area contributed by atoms with Crippen LogP contribution in [-0.4, -0.2) is 29.6 Å². The molecule has 0 radical (unpaired) electrons. The Balaban J connectivity index is 1.83. The van der Waals surface area contributed by atoms with Crippen LogP contribution in [0.2, 0.25) is 0 Å². The van der Waals surface area contributed by atoms with Gasteiger partial charge in [0.25, 0.3) is 0 Å². The van der Waals surface area contributed by atoms with Gasteiger partial charge >= 0.3 is 0 Å². The Morgan fingerprint density at radius 2 is 2.00 bits per heavy atom. The number of benzene rings is 1. The minimum absolute atomic E-state index is 0.104. The lowest BCUT2D eigenvalue weighted by Crippen LogP contribution is -2.29. The van der Waals surface area contributed by atoms with E-state index in [1.165, 1.54) is 11.1 Å². The zero-order chi connectivity index (χ0) is 14.5. The molecular weight excluding hydrogens is 254 g/mol. The standard InChI is InChI=1S/C15H19N3O2/c1-11-4-6-13(7-5-11)9-18(3)10-15(19)16-14-8-12(2)20-17-14/h4-8H,9-10H2,1-3H3,(H,16,17,19). The Labute approximate surface area is 118 Å². The number of hydrogen-bond acceptors (Lipinski definition) is 4. The van der Waals surface area contributed by atoms with E-state index in [0.29, 0.717) is 18.1 Å². The second-order valence-electron chi connectivity index (χ2n) is 5.03. The van der Waals surface area contributed by atoms with Gasteiger partial charge in [-0.3, -0.25) is 9.69 Å². The summed E-state index contributed by atoms with van der Waals surface area (Å²) in [4.78, 5) is 13.8. The Morgan fingerprint density at radius 3 is 2.60 bits per heavy atom. The number of likely N-dealkylation sites (N-methyl/N-ethyl adjacent to an activating group) is 1. The molecule has 2 aromatic rings. The van der Waals surface area contributed by atoms with Gasteiger partial charge in [-0.25, -0.2) is 0 Å². The predicted octanol–water partition coefficient (Wildman–Crippen LogP) is 2.36. The van der Waals surface area contributed by atoms with Crippen molar-refractivity contribution in [3.05, 3.63) is 47.2 Å². The molecule has 2 rings (SSSR count). The average molecular weight is 273 g/mol. The molecule has 5 heteroatoms. The zero-order valence-corrected chi connectivity index (χ0v) is 12.0. The summed E-state index contributed by atoms with van der Waals surface area (Å²) in [5.74, 6) is 1.03. The van der Waals surface area contributed by atoms with Gasteiger partial charge in [0, 0.05) is 12.6 Å². The molecule has 1 aromatic carbocycles. The number of aryl methyl sites for hydroxylation is 2. The van der Waals surface area contributed by atoms with E-state index in [9.17, 15) is 4.79 Å². The van der Waals surface area contributed by atoms with Gasteiger partial charge in [-0.05, 0) is 26.5 Å². The SMILES string of the molecule is Cc1ccc(CN(C)CC(=O)Nc2cc(C)on2)cc1. The maximum atomic E-state index is 11.8. The highest BCUT2D eigenvalue weighted by Gasteiger charge is 2.09. The van der Waals surface area contributed by atoms with Crippen LogP contribution in [-0.2, 0) is 11.3 Å². The van der Waals surface area contributed by atoms with Gasteiger partial charge in [0.2, 0.25) is 5.91 Å². The normalized spacial score (nSPS) is 10.8. The number of amides is 1. The number of hydrogen-bond donors (Lipinski definition) is 1. The summed E-state index contributed by atoms with van der Waals surface area (Å²) in [5, 5.41) is 6.43. The molecule has 1 N–H and O–H groups in total.